The first-order valence-corrected chi connectivity index (χ1v) is 11.0. The summed E-state index contributed by atoms with van der Waals surface area (Å²) < 4.78 is 6.80. The number of carbonyl (C=O) groups excluding carboxylic acids is 1. The molecule has 0 aliphatic heterocycles. The van der Waals surface area contributed by atoms with Crippen LogP contribution in [0.1, 0.15) is 31.0 Å². The van der Waals surface area contributed by atoms with Crippen LogP contribution in [0.5, 0.6) is 0 Å². The molecule has 1 aromatic carbocycles. The van der Waals surface area contributed by atoms with E-state index in [1.54, 1.807) is 35.0 Å². The lowest BCUT2D eigenvalue weighted by molar-refractivity contribution is -0.115. The monoisotopic (exact) mass is 495 g/mol. The number of anilines is 2. The average molecular weight is 496 g/mol. The molecule has 0 atom stereocenters. The molecular formula is C23H19Cl2N7O2. The van der Waals surface area contributed by atoms with Crippen LogP contribution in [-0.2, 0) is 11.2 Å². The molecule has 0 spiro atoms. The van der Waals surface area contributed by atoms with Gasteiger partial charge in [0.15, 0.2) is 0 Å². The van der Waals surface area contributed by atoms with Crippen molar-refractivity contribution in [3.05, 3.63) is 63.8 Å². The van der Waals surface area contributed by atoms with Crippen molar-refractivity contribution >= 4 is 40.8 Å². The molecule has 9 nitrogen and oxygen atoms in total. The predicted molar refractivity (Wildman–Crippen MR) is 129 cm³/mol. The van der Waals surface area contributed by atoms with Gasteiger partial charge in [0.2, 0.25) is 11.8 Å². The number of carbonyl (C=O) groups is 1. The Labute approximate surface area is 205 Å². The third kappa shape index (κ3) is 4.73. The summed E-state index contributed by atoms with van der Waals surface area (Å²) in [5, 5.41) is 21.3. The molecule has 0 bridgehead atoms. The topological polar surface area (TPSA) is 136 Å². The molecule has 11 heteroatoms. The Balaban J connectivity index is 1.45. The van der Waals surface area contributed by atoms with Gasteiger partial charge in [-0.2, -0.15) is 10.4 Å². The van der Waals surface area contributed by atoms with Crippen LogP contribution in [0, 0.1) is 11.3 Å². The second-order valence-corrected chi connectivity index (χ2v) is 8.58. The van der Waals surface area contributed by atoms with E-state index in [0.717, 1.165) is 11.1 Å². The van der Waals surface area contributed by atoms with E-state index in [0.29, 0.717) is 38.5 Å². The lowest BCUT2D eigenvalue weighted by Gasteiger charge is -2.06. The first kappa shape index (κ1) is 23.3. The summed E-state index contributed by atoms with van der Waals surface area (Å²) in [6.45, 7) is 3.88. The van der Waals surface area contributed by atoms with Gasteiger partial charge in [-0.1, -0.05) is 52.6 Å². The number of benzene rings is 1. The number of halogens is 2. The number of aromatic nitrogens is 4. The lowest BCUT2D eigenvalue weighted by Crippen LogP contribution is -2.13. The molecule has 0 saturated heterocycles. The molecule has 4 rings (SSSR count). The van der Waals surface area contributed by atoms with Crippen molar-refractivity contribution in [3.8, 4) is 28.7 Å². The molecule has 3 N–H and O–H groups in total. The molecule has 0 aliphatic rings. The molecule has 4 aromatic rings. The largest absolute Gasteiger partial charge is 0.383 e. The Morgan fingerprint density at radius 2 is 1.97 bits per heavy atom. The van der Waals surface area contributed by atoms with Gasteiger partial charge in [-0.3, -0.25) is 15.1 Å². The predicted octanol–water partition coefficient (Wildman–Crippen LogP) is 5.12. The van der Waals surface area contributed by atoms with Crippen molar-refractivity contribution < 1.29 is 9.32 Å². The Morgan fingerprint density at radius 1 is 1.24 bits per heavy atom. The number of hydrogen-bond acceptors (Lipinski definition) is 7. The van der Waals surface area contributed by atoms with E-state index < -0.39 is 0 Å². The lowest BCUT2D eigenvalue weighted by atomic mass is 10.0. The third-order valence-electron chi connectivity index (χ3n) is 4.96. The average Bonchev–Trinajstić information content (AvgIpc) is 3.38. The van der Waals surface area contributed by atoms with E-state index in [1.165, 1.54) is 12.3 Å². The minimum Gasteiger partial charge on any atom is -0.383 e. The molecule has 1 amide bonds. The second-order valence-electron chi connectivity index (χ2n) is 7.74. The number of nitrogens with two attached hydrogens (primary N) is 1. The summed E-state index contributed by atoms with van der Waals surface area (Å²) in [5.41, 5.74) is 9.17. The Kier molecular flexibility index (Phi) is 6.54. The second kappa shape index (κ2) is 9.55. The number of nitrogen functional groups attached to an aromatic ring is 1. The van der Waals surface area contributed by atoms with Crippen LogP contribution < -0.4 is 11.1 Å². The van der Waals surface area contributed by atoms with Gasteiger partial charge < -0.3 is 10.3 Å². The van der Waals surface area contributed by atoms with Crippen LogP contribution in [0.3, 0.4) is 0 Å². The number of nitrogens with one attached hydrogen (secondary N) is 1. The van der Waals surface area contributed by atoms with E-state index in [9.17, 15) is 10.1 Å². The van der Waals surface area contributed by atoms with Crippen molar-refractivity contribution in [2.75, 3.05) is 11.1 Å². The standard InChI is InChI=1S/C23H19Cl2N7O2/c1-12(2)32-23(27)16(10-26)21(30-32)14-5-3-13(4-6-14)7-19(33)29-20-9-18(31-34-20)22-17(25)8-15(24)11-28-22/h3-6,8-9,11-12H,7,27H2,1-2H3,(H,29,33). The maximum absolute atomic E-state index is 12.5. The minimum absolute atomic E-state index is 0.0203. The number of nitriles is 1. The molecule has 0 fully saturated rings. The van der Waals surface area contributed by atoms with E-state index in [1.807, 2.05) is 13.8 Å². The van der Waals surface area contributed by atoms with Gasteiger partial charge >= 0.3 is 0 Å². The van der Waals surface area contributed by atoms with E-state index >= 15 is 0 Å². The van der Waals surface area contributed by atoms with Crippen LogP contribution >= 0.6 is 23.2 Å². The van der Waals surface area contributed by atoms with Gasteiger partial charge in [-0.15, -0.1) is 0 Å². The number of hydrogen-bond donors (Lipinski definition) is 2. The van der Waals surface area contributed by atoms with Crippen LogP contribution in [-0.4, -0.2) is 25.8 Å². The minimum atomic E-state index is -0.295. The van der Waals surface area contributed by atoms with Crippen molar-refractivity contribution in [1.29, 1.82) is 5.26 Å². The highest BCUT2D eigenvalue weighted by Gasteiger charge is 2.19. The summed E-state index contributed by atoms with van der Waals surface area (Å²) in [4.78, 5) is 16.6. The van der Waals surface area contributed by atoms with Crippen molar-refractivity contribution in [2.24, 2.45) is 0 Å². The fourth-order valence-corrected chi connectivity index (χ4v) is 3.83. The van der Waals surface area contributed by atoms with Gasteiger partial charge in [0.05, 0.1) is 16.5 Å². The highest BCUT2D eigenvalue weighted by Crippen LogP contribution is 2.30. The number of amides is 1. The quantitative estimate of drug-likeness (QED) is 0.378. The van der Waals surface area contributed by atoms with Crippen molar-refractivity contribution in [3.63, 3.8) is 0 Å². The maximum Gasteiger partial charge on any atom is 0.231 e. The summed E-state index contributed by atoms with van der Waals surface area (Å²) in [5.74, 6) is 0.201. The number of nitrogens with zero attached hydrogens (tertiary/aromatic N) is 5. The number of rotatable bonds is 6. The number of pyridine rings is 1. The Morgan fingerprint density at radius 3 is 2.62 bits per heavy atom. The Hall–Kier alpha value is -3.87. The van der Waals surface area contributed by atoms with Gasteiger partial charge in [0, 0.05) is 23.9 Å². The highest BCUT2D eigenvalue weighted by atomic mass is 35.5. The zero-order chi connectivity index (χ0) is 24.4. The maximum atomic E-state index is 12.5. The van der Waals surface area contributed by atoms with Crippen molar-refractivity contribution in [2.45, 2.75) is 26.3 Å². The van der Waals surface area contributed by atoms with Gasteiger partial charge in [-0.05, 0) is 25.5 Å². The van der Waals surface area contributed by atoms with Crippen molar-refractivity contribution in [1.82, 2.24) is 19.9 Å². The normalized spacial score (nSPS) is 10.9. The fourth-order valence-electron chi connectivity index (χ4n) is 3.35. The summed E-state index contributed by atoms with van der Waals surface area (Å²) in [6.07, 6.45) is 1.55. The zero-order valence-corrected chi connectivity index (χ0v) is 19.7. The first-order chi connectivity index (χ1) is 16.3. The van der Waals surface area contributed by atoms with Crippen LogP contribution in [0.25, 0.3) is 22.6 Å². The van der Waals surface area contributed by atoms with Gasteiger partial charge in [-0.25, -0.2) is 4.68 Å². The molecule has 0 unspecified atom stereocenters. The fraction of sp³-hybridized carbons (Fsp3) is 0.174. The highest BCUT2D eigenvalue weighted by molar-refractivity contribution is 6.36. The van der Waals surface area contributed by atoms with Crippen LogP contribution in [0.2, 0.25) is 10.0 Å². The molecule has 3 heterocycles. The zero-order valence-electron chi connectivity index (χ0n) is 18.2. The van der Waals surface area contributed by atoms with Crippen LogP contribution in [0.4, 0.5) is 11.7 Å². The third-order valence-corrected chi connectivity index (χ3v) is 5.46. The van der Waals surface area contributed by atoms with E-state index in [4.69, 9.17) is 33.5 Å². The summed E-state index contributed by atoms with van der Waals surface area (Å²) >= 11 is 12.0. The molecule has 3 aromatic heterocycles. The van der Waals surface area contributed by atoms with E-state index in [-0.39, 0.29) is 24.3 Å². The van der Waals surface area contributed by atoms with Crippen LogP contribution in [0.15, 0.2) is 47.1 Å². The summed E-state index contributed by atoms with van der Waals surface area (Å²) in [7, 11) is 0. The molecule has 0 radical (unpaired) electrons. The summed E-state index contributed by atoms with van der Waals surface area (Å²) in [6, 6.07) is 12.4. The first-order valence-electron chi connectivity index (χ1n) is 10.2. The van der Waals surface area contributed by atoms with E-state index in [2.05, 4.69) is 26.6 Å². The molecule has 0 saturated carbocycles. The smallest absolute Gasteiger partial charge is 0.231 e. The molecule has 172 valence electrons. The van der Waals surface area contributed by atoms with Gasteiger partial charge in [0.25, 0.3) is 0 Å². The Bertz CT molecular complexity index is 1400. The molecule has 0 aliphatic carbocycles. The molecule has 34 heavy (non-hydrogen) atoms. The molecular weight excluding hydrogens is 477 g/mol. The SMILES string of the molecule is CC(C)n1nc(-c2ccc(CC(=O)Nc3cc(-c4ncc(Cl)cc4Cl)no3)cc2)c(C#N)c1N. The van der Waals surface area contributed by atoms with Gasteiger partial charge in [0.1, 0.15) is 34.5 Å².